The number of H-pyrrole nitrogens is 1. The number of aliphatic carboxylic acids is 1. The SMILES string of the molecule is NCCCCC(N)C(=O)NCC(=O)NC(CC(N)=O)C(=O)NC(Cc1cnc[nH]1)C(=O)O. The molecule has 14 nitrogen and oxygen atoms in total. The van der Waals surface area contributed by atoms with Crippen LogP contribution in [0.1, 0.15) is 31.4 Å². The van der Waals surface area contributed by atoms with Crippen molar-refractivity contribution in [2.24, 2.45) is 17.2 Å². The maximum atomic E-state index is 12.5. The zero-order valence-electron chi connectivity index (χ0n) is 17.5. The average molecular weight is 454 g/mol. The Bertz CT molecular complexity index is 784. The van der Waals surface area contributed by atoms with Gasteiger partial charge in [0.1, 0.15) is 12.1 Å². The molecule has 3 unspecified atom stereocenters. The maximum Gasteiger partial charge on any atom is 0.326 e. The molecule has 14 heteroatoms. The first-order valence-electron chi connectivity index (χ1n) is 9.95. The predicted molar refractivity (Wildman–Crippen MR) is 111 cm³/mol. The van der Waals surface area contributed by atoms with Crippen molar-refractivity contribution in [3.05, 3.63) is 18.2 Å². The number of nitrogens with one attached hydrogen (secondary N) is 4. The minimum atomic E-state index is -1.43. The molecular weight excluding hydrogens is 424 g/mol. The second-order valence-corrected chi connectivity index (χ2v) is 7.08. The topological polar surface area (TPSA) is 248 Å². The van der Waals surface area contributed by atoms with Crippen molar-refractivity contribution in [1.29, 1.82) is 0 Å². The van der Waals surface area contributed by atoms with E-state index in [9.17, 15) is 29.1 Å². The summed E-state index contributed by atoms with van der Waals surface area (Å²) in [7, 11) is 0. The van der Waals surface area contributed by atoms with Crippen molar-refractivity contribution in [3.63, 3.8) is 0 Å². The third-order valence-electron chi connectivity index (χ3n) is 4.38. The van der Waals surface area contributed by atoms with E-state index in [1.54, 1.807) is 0 Å². The van der Waals surface area contributed by atoms with Gasteiger partial charge < -0.3 is 43.2 Å². The summed E-state index contributed by atoms with van der Waals surface area (Å²) in [5, 5.41) is 16.2. The number of unbranched alkanes of at least 4 members (excludes halogenated alkanes) is 1. The zero-order valence-corrected chi connectivity index (χ0v) is 17.5. The number of hydrogen-bond donors (Lipinski definition) is 8. The van der Waals surface area contributed by atoms with Crippen LogP contribution in [-0.4, -0.2) is 75.9 Å². The van der Waals surface area contributed by atoms with Crippen LogP contribution in [-0.2, 0) is 30.4 Å². The number of primary amides is 1. The normalized spacial score (nSPS) is 13.4. The van der Waals surface area contributed by atoms with Gasteiger partial charge in [0.2, 0.25) is 23.6 Å². The first-order chi connectivity index (χ1) is 15.1. The van der Waals surface area contributed by atoms with Gasteiger partial charge in [0.25, 0.3) is 0 Å². The van der Waals surface area contributed by atoms with E-state index in [4.69, 9.17) is 17.2 Å². The van der Waals surface area contributed by atoms with Crippen LogP contribution in [0.25, 0.3) is 0 Å². The molecule has 0 aromatic carbocycles. The molecule has 3 atom stereocenters. The van der Waals surface area contributed by atoms with Gasteiger partial charge in [-0.3, -0.25) is 19.2 Å². The number of aromatic amines is 1. The molecule has 1 aromatic rings. The van der Waals surface area contributed by atoms with E-state index in [1.807, 2.05) is 0 Å². The minimum absolute atomic E-state index is 0.101. The molecule has 1 heterocycles. The van der Waals surface area contributed by atoms with Crippen molar-refractivity contribution in [1.82, 2.24) is 25.9 Å². The van der Waals surface area contributed by atoms with Gasteiger partial charge in [-0.15, -0.1) is 0 Å². The van der Waals surface area contributed by atoms with Crippen molar-refractivity contribution in [3.8, 4) is 0 Å². The van der Waals surface area contributed by atoms with E-state index in [-0.39, 0.29) is 6.42 Å². The fraction of sp³-hybridized carbons (Fsp3) is 0.556. The van der Waals surface area contributed by atoms with E-state index < -0.39 is 60.7 Å². The molecule has 0 radical (unpaired) electrons. The zero-order chi connectivity index (χ0) is 24.1. The fourth-order valence-corrected chi connectivity index (χ4v) is 2.68. The van der Waals surface area contributed by atoms with Crippen LogP contribution in [0.2, 0.25) is 0 Å². The van der Waals surface area contributed by atoms with Crippen LogP contribution in [0.3, 0.4) is 0 Å². The molecule has 11 N–H and O–H groups in total. The highest BCUT2D eigenvalue weighted by Crippen LogP contribution is 2.01. The van der Waals surface area contributed by atoms with E-state index in [2.05, 4.69) is 25.9 Å². The van der Waals surface area contributed by atoms with Crippen LogP contribution in [0, 0.1) is 0 Å². The molecule has 0 saturated heterocycles. The van der Waals surface area contributed by atoms with Crippen LogP contribution in [0.4, 0.5) is 0 Å². The number of nitrogens with two attached hydrogens (primary N) is 3. The molecule has 32 heavy (non-hydrogen) atoms. The van der Waals surface area contributed by atoms with Gasteiger partial charge in [0.05, 0.1) is 25.3 Å². The van der Waals surface area contributed by atoms with Gasteiger partial charge >= 0.3 is 5.97 Å². The number of carboxylic acids is 1. The fourth-order valence-electron chi connectivity index (χ4n) is 2.68. The second-order valence-electron chi connectivity index (χ2n) is 7.08. The van der Waals surface area contributed by atoms with Crippen molar-refractivity contribution < 1.29 is 29.1 Å². The molecule has 0 saturated carbocycles. The average Bonchev–Trinajstić information content (AvgIpc) is 3.23. The minimum Gasteiger partial charge on any atom is -0.480 e. The largest absolute Gasteiger partial charge is 0.480 e. The van der Waals surface area contributed by atoms with Crippen molar-refractivity contribution in [2.75, 3.05) is 13.1 Å². The van der Waals surface area contributed by atoms with E-state index in [1.165, 1.54) is 12.5 Å². The van der Waals surface area contributed by atoms with Crippen molar-refractivity contribution in [2.45, 2.75) is 50.2 Å². The number of hydrogen-bond acceptors (Lipinski definition) is 8. The van der Waals surface area contributed by atoms with Gasteiger partial charge in [-0.1, -0.05) is 6.42 Å². The highest BCUT2D eigenvalue weighted by Gasteiger charge is 2.28. The molecule has 178 valence electrons. The lowest BCUT2D eigenvalue weighted by atomic mass is 10.1. The highest BCUT2D eigenvalue weighted by molar-refractivity contribution is 5.95. The summed E-state index contributed by atoms with van der Waals surface area (Å²) < 4.78 is 0. The Kier molecular flexibility index (Phi) is 11.4. The first-order valence-corrected chi connectivity index (χ1v) is 9.95. The van der Waals surface area contributed by atoms with Gasteiger partial charge in [-0.25, -0.2) is 9.78 Å². The Balaban J connectivity index is 2.65. The van der Waals surface area contributed by atoms with Gasteiger partial charge in [-0.05, 0) is 19.4 Å². The van der Waals surface area contributed by atoms with E-state index in [0.29, 0.717) is 31.5 Å². The van der Waals surface area contributed by atoms with Crippen molar-refractivity contribution >= 4 is 29.6 Å². The van der Waals surface area contributed by atoms with Crippen LogP contribution >= 0.6 is 0 Å². The first kappa shape index (κ1) is 26.5. The lowest BCUT2D eigenvalue weighted by Crippen LogP contribution is -2.55. The number of aromatic nitrogens is 2. The predicted octanol–water partition coefficient (Wildman–Crippen LogP) is -3.55. The molecule has 1 rings (SSSR count). The molecule has 0 aliphatic heterocycles. The molecule has 0 spiro atoms. The highest BCUT2D eigenvalue weighted by atomic mass is 16.4. The third kappa shape index (κ3) is 9.99. The summed E-state index contributed by atoms with van der Waals surface area (Å²) in [5.41, 5.74) is 16.7. The molecule has 0 fully saturated rings. The van der Waals surface area contributed by atoms with Crippen LogP contribution in [0.15, 0.2) is 12.5 Å². The molecule has 1 aromatic heterocycles. The Morgan fingerprint density at radius 1 is 1.09 bits per heavy atom. The summed E-state index contributed by atoms with van der Waals surface area (Å²) in [6.45, 7) is -0.0207. The number of nitrogens with zero attached hydrogens (tertiary/aromatic N) is 1. The van der Waals surface area contributed by atoms with Gasteiger partial charge in [-0.2, -0.15) is 0 Å². The van der Waals surface area contributed by atoms with Crippen LogP contribution < -0.4 is 33.2 Å². The lowest BCUT2D eigenvalue weighted by Gasteiger charge is -2.20. The molecule has 0 bridgehead atoms. The Labute approximate surface area is 184 Å². The summed E-state index contributed by atoms with van der Waals surface area (Å²) >= 11 is 0. The Morgan fingerprint density at radius 2 is 1.81 bits per heavy atom. The van der Waals surface area contributed by atoms with E-state index in [0.717, 1.165) is 0 Å². The number of rotatable bonds is 15. The Morgan fingerprint density at radius 3 is 2.38 bits per heavy atom. The standard InChI is InChI=1S/C18H30N8O6/c19-4-2-1-3-11(20)16(29)23-8-15(28)25-12(6-14(21)27)17(30)26-13(18(31)32)5-10-7-22-9-24-10/h7,9,11-13H,1-6,8,19-20H2,(H2,21,27)(H,22,24)(H,23,29)(H,25,28)(H,26,30)(H,31,32). The number of carbonyl (C=O) groups is 5. The second kappa shape index (κ2) is 13.7. The van der Waals surface area contributed by atoms with E-state index >= 15 is 0 Å². The van der Waals surface area contributed by atoms with Gasteiger partial charge in [0.15, 0.2) is 0 Å². The van der Waals surface area contributed by atoms with Crippen LogP contribution in [0.5, 0.6) is 0 Å². The number of amides is 4. The smallest absolute Gasteiger partial charge is 0.326 e. The molecular formula is C18H30N8O6. The molecule has 0 aliphatic carbocycles. The lowest BCUT2D eigenvalue weighted by molar-refractivity contribution is -0.142. The van der Waals surface area contributed by atoms with Gasteiger partial charge in [0, 0.05) is 18.3 Å². The maximum absolute atomic E-state index is 12.5. The number of imidazole rings is 1. The summed E-state index contributed by atoms with van der Waals surface area (Å²) in [6, 6.07) is -3.60. The Hall–Kier alpha value is -3.52. The molecule has 0 aliphatic rings. The summed E-state index contributed by atoms with van der Waals surface area (Å²) in [6.07, 6.45) is 3.84. The number of carbonyl (C=O) groups excluding carboxylic acids is 4. The summed E-state index contributed by atoms with van der Waals surface area (Å²) in [4.78, 5) is 65.9. The monoisotopic (exact) mass is 454 g/mol. The summed E-state index contributed by atoms with van der Waals surface area (Å²) in [5.74, 6) is -4.48. The quantitative estimate of drug-likeness (QED) is 0.122. The third-order valence-corrected chi connectivity index (χ3v) is 4.38. The number of carboxylic acid groups (broad SMARTS) is 1. The molecule has 4 amide bonds.